The van der Waals surface area contributed by atoms with E-state index in [2.05, 4.69) is 35.4 Å². The van der Waals surface area contributed by atoms with Gasteiger partial charge in [-0.3, -0.25) is 0 Å². The van der Waals surface area contributed by atoms with Crippen LogP contribution in [0.3, 0.4) is 0 Å². The monoisotopic (exact) mass is 218 g/mol. The normalized spacial score (nSPS) is 12.9. The van der Waals surface area contributed by atoms with Crippen LogP contribution in [0.1, 0.15) is 12.6 Å². The van der Waals surface area contributed by atoms with Crippen molar-refractivity contribution < 1.29 is 4.74 Å². The van der Waals surface area contributed by atoms with Gasteiger partial charge in [0.05, 0.1) is 7.11 Å². The average Bonchev–Trinajstić information content (AvgIpc) is 2.69. The molecule has 0 saturated carbocycles. The van der Waals surface area contributed by atoms with Crippen LogP contribution in [0.15, 0.2) is 24.3 Å². The Bertz CT molecular complexity index is 476. The Morgan fingerprint density at radius 3 is 2.88 bits per heavy atom. The molecule has 0 aliphatic heterocycles. The molecule has 0 amide bonds. The summed E-state index contributed by atoms with van der Waals surface area (Å²) in [6.45, 7) is 2.17. The fourth-order valence-corrected chi connectivity index (χ4v) is 1.84. The largest absolute Gasteiger partial charge is 0.497 e. The number of nitrogens with one attached hydrogen (secondary N) is 2. The van der Waals surface area contributed by atoms with E-state index in [1.54, 1.807) is 7.11 Å². The molecule has 0 aliphatic carbocycles. The van der Waals surface area contributed by atoms with Crippen LogP contribution in [0.5, 0.6) is 5.75 Å². The van der Waals surface area contributed by atoms with E-state index in [-0.39, 0.29) is 0 Å². The molecular weight excluding hydrogens is 200 g/mol. The smallest absolute Gasteiger partial charge is 0.119 e. The Hall–Kier alpha value is -1.48. The molecule has 0 spiro atoms. The molecule has 1 aromatic heterocycles. The van der Waals surface area contributed by atoms with Gasteiger partial charge in [0.2, 0.25) is 0 Å². The minimum absolute atomic E-state index is 0.481. The summed E-state index contributed by atoms with van der Waals surface area (Å²) in [5.41, 5.74) is 2.42. The quantitative estimate of drug-likeness (QED) is 0.826. The third kappa shape index (κ3) is 2.19. The summed E-state index contributed by atoms with van der Waals surface area (Å²) in [5.74, 6) is 0.903. The summed E-state index contributed by atoms with van der Waals surface area (Å²) in [5, 5.41) is 4.44. The Morgan fingerprint density at radius 1 is 1.38 bits per heavy atom. The number of likely N-dealkylation sites (N-methyl/N-ethyl adjacent to an activating group) is 1. The predicted molar refractivity (Wildman–Crippen MR) is 67.1 cm³/mol. The average molecular weight is 218 g/mol. The molecule has 0 bridgehead atoms. The standard InChI is InChI=1S/C13H18N2O/c1-9(14-2)6-11-7-10-8-12(16-3)4-5-13(10)15-11/h4-5,7-9,14-15H,6H2,1-3H3. The molecule has 2 aromatic rings. The first kappa shape index (κ1) is 11.0. The third-order valence-electron chi connectivity index (χ3n) is 2.90. The molecule has 1 aromatic carbocycles. The minimum atomic E-state index is 0.481. The third-order valence-corrected chi connectivity index (χ3v) is 2.90. The van der Waals surface area contributed by atoms with Gasteiger partial charge < -0.3 is 15.0 Å². The Morgan fingerprint density at radius 2 is 2.19 bits per heavy atom. The van der Waals surface area contributed by atoms with E-state index in [1.165, 1.54) is 16.6 Å². The summed E-state index contributed by atoms with van der Waals surface area (Å²) < 4.78 is 5.21. The lowest BCUT2D eigenvalue weighted by Crippen LogP contribution is -2.23. The fourth-order valence-electron chi connectivity index (χ4n) is 1.84. The molecule has 86 valence electrons. The number of rotatable bonds is 4. The maximum atomic E-state index is 5.21. The van der Waals surface area contributed by atoms with Crippen LogP contribution in [-0.2, 0) is 6.42 Å². The number of benzene rings is 1. The Balaban J connectivity index is 2.29. The van der Waals surface area contributed by atoms with Crippen molar-refractivity contribution in [2.24, 2.45) is 0 Å². The molecular formula is C13H18N2O. The van der Waals surface area contributed by atoms with Gasteiger partial charge >= 0.3 is 0 Å². The molecule has 2 N–H and O–H groups in total. The van der Waals surface area contributed by atoms with Gasteiger partial charge in [-0.15, -0.1) is 0 Å². The van der Waals surface area contributed by atoms with Crippen LogP contribution in [0.4, 0.5) is 0 Å². The highest BCUT2D eigenvalue weighted by Gasteiger charge is 2.05. The zero-order valence-corrected chi connectivity index (χ0v) is 10.0. The van der Waals surface area contributed by atoms with Crippen LogP contribution in [-0.4, -0.2) is 25.2 Å². The van der Waals surface area contributed by atoms with E-state index >= 15 is 0 Å². The maximum absolute atomic E-state index is 5.21. The second-order valence-electron chi connectivity index (χ2n) is 4.14. The molecule has 3 nitrogen and oxygen atoms in total. The Kier molecular flexibility index (Phi) is 3.15. The number of methoxy groups -OCH3 is 1. The van der Waals surface area contributed by atoms with Crippen molar-refractivity contribution in [3.8, 4) is 5.75 Å². The van der Waals surface area contributed by atoms with Gasteiger partial charge in [0.1, 0.15) is 5.75 Å². The predicted octanol–water partition coefficient (Wildman–Crippen LogP) is 2.33. The molecule has 16 heavy (non-hydrogen) atoms. The SMILES string of the molecule is CNC(C)Cc1cc2cc(OC)ccc2[nH]1. The summed E-state index contributed by atoms with van der Waals surface area (Å²) in [4.78, 5) is 3.42. The van der Waals surface area contributed by atoms with Crippen molar-refractivity contribution in [3.05, 3.63) is 30.0 Å². The van der Waals surface area contributed by atoms with E-state index in [9.17, 15) is 0 Å². The number of H-pyrrole nitrogens is 1. The summed E-state index contributed by atoms with van der Waals surface area (Å²) in [6, 6.07) is 8.76. The van der Waals surface area contributed by atoms with Crippen LogP contribution in [0, 0.1) is 0 Å². The molecule has 2 rings (SSSR count). The van der Waals surface area contributed by atoms with Crippen LogP contribution >= 0.6 is 0 Å². The van der Waals surface area contributed by atoms with Crippen molar-refractivity contribution in [1.82, 2.24) is 10.3 Å². The first-order chi connectivity index (χ1) is 7.72. The summed E-state index contributed by atoms with van der Waals surface area (Å²) >= 11 is 0. The van der Waals surface area contributed by atoms with Crippen LogP contribution < -0.4 is 10.1 Å². The number of aromatic nitrogens is 1. The first-order valence-corrected chi connectivity index (χ1v) is 5.56. The number of ether oxygens (including phenoxy) is 1. The highest BCUT2D eigenvalue weighted by molar-refractivity contribution is 5.81. The van der Waals surface area contributed by atoms with Crippen molar-refractivity contribution in [2.45, 2.75) is 19.4 Å². The minimum Gasteiger partial charge on any atom is -0.497 e. The fraction of sp³-hybridized carbons (Fsp3) is 0.385. The van der Waals surface area contributed by atoms with Crippen molar-refractivity contribution in [2.75, 3.05) is 14.2 Å². The highest BCUT2D eigenvalue weighted by atomic mass is 16.5. The van der Waals surface area contributed by atoms with Crippen LogP contribution in [0.25, 0.3) is 10.9 Å². The van der Waals surface area contributed by atoms with Crippen molar-refractivity contribution >= 4 is 10.9 Å². The van der Waals surface area contributed by atoms with Crippen molar-refractivity contribution in [3.63, 3.8) is 0 Å². The topological polar surface area (TPSA) is 37.0 Å². The van der Waals surface area contributed by atoms with Gasteiger partial charge in [0, 0.05) is 29.1 Å². The molecule has 0 saturated heterocycles. The lowest BCUT2D eigenvalue weighted by atomic mass is 10.2. The molecule has 0 fully saturated rings. The summed E-state index contributed by atoms with van der Waals surface area (Å²) in [7, 11) is 3.67. The van der Waals surface area contributed by atoms with Crippen LogP contribution in [0.2, 0.25) is 0 Å². The van der Waals surface area contributed by atoms with Gasteiger partial charge in [-0.25, -0.2) is 0 Å². The van der Waals surface area contributed by atoms with Gasteiger partial charge in [-0.1, -0.05) is 0 Å². The number of fused-ring (bicyclic) bond motifs is 1. The molecule has 0 aliphatic rings. The lowest BCUT2D eigenvalue weighted by Gasteiger charge is -2.07. The number of aromatic amines is 1. The van der Waals surface area contributed by atoms with E-state index in [0.717, 1.165) is 12.2 Å². The molecule has 0 radical (unpaired) electrons. The second kappa shape index (κ2) is 4.58. The first-order valence-electron chi connectivity index (χ1n) is 5.56. The van der Waals surface area contributed by atoms with Gasteiger partial charge in [-0.05, 0) is 38.2 Å². The zero-order chi connectivity index (χ0) is 11.5. The van der Waals surface area contributed by atoms with E-state index in [1.807, 2.05) is 13.1 Å². The van der Waals surface area contributed by atoms with Gasteiger partial charge in [0.15, 0.2) is 0 Å². The maximum Gasteiger partial charge on any atom is 0.119 e. The van der Waals surface area contributed by atoms with E-state index in [4.69, 9.17) is 4.74 Å². The van der Waals surface area contributed by atoms with E-state index in [0.29, 0.717) is 6.04 Å². The zero-order valence-electron chi connectivity index (χ0n) is 10.0. The Labute approximate surface area is 95.8 Å². The number of hydrogen-bond donors (Lipinski definition) is 2. The summed E-state index contributed by atoms with van der Waals surface area (Å²) in [6.07, 6.45) is 1.01. The lowest BCUT2D eigenvalue weighted by molar-refractivity contribution is 0.415. The molecule has 1 unspecified atom stereocenters. The number of hydrogen-bond acceptors (Lipinski definition) is 2. The van der Waals surface area contributed by atoms with E-state index < -0.39 is 0 Å². The second-order valence-corrected chi connectivity index (χ2v) is 4.14. The van der Waals surface area contributed by atoms with Gasteiger partial charge in [0.25, 0.3) is 0 Å². The van der Waals surface area contributed by atoms with Crippen molar-refractivity contribution in [1.29, 1.82) is 0 Å². The molecule has 3 heteroatoms. The van der Waals surface area contributed by atoms with Gasteiger partial charge in [-0.2, -0.15) is 0 Å². The molecule has 1 heterocycles. The molecule has 1 atom stereocenters. The highest BCUT2D eigenvalue weighted by Crippen LogP contribution is 2.21.